The minimum absolute atomic E-state index is 0.712. The zero-order valence-corrected chi connectivity index (χ0v) is 13.3. The summed E-state index contributed by atoms with van der Waals surface area (Å²) in [7, 11) is 0. The van der Waals surface area contributed by atoms with Crippen molar-refractivity contribution in [2.45, 2.75) is 43.9 Å². The van der Waals surface area contributed by atoms with E-state index in [2.05, 4.69) is 24.0 Å². The molecule has 0 saturated carbocycles. The van der Waals surface area contributed by atoms with Crippen molar-refractivity contribution in [1.82, 2.24) is 4.98 Å². The molecule has 0 saturated heterocycles. The van der Waals surface area contributed by atoms with E-state index in [4.69, 9.17) is 4.74 Å². The van der Waals surface area contributed by atoms with Gasteiger partial charge in [-0.2, -0.15) is 0 Å². The van der Waals surface area contributed by atoms with Gasteiger partial charge in [-0.25, -0.2) is 4.98 Å². The zero-order chi connectivity index (χ0) is 13.5. The first-order chi connectivity index (χ1) is 9.33. The first-order valence-electron chi connectivity index (χ1n) is 6.99. The van der Waals surface area contributed by atoms with Gasteiger partial charge in [0.15, 0.2) is 4.34 Å². The van der Waals surface area contributed by atoms with Crippen molar-refractivity contribution < 1.29 is 4.74 Å². The Balaban J connectivity index is 1.93. The van der Waals surface area contributed by atoms with Crippen LogP contribution < -0.4 is 4.74 Å². The highest BCUT2D eigenvalue weighted by Gasteiger charge is 2.05. The minimum atomic E-state index is 0.712. The number of nitrogens with zero attached hydrogens (tertiary/aromatic N) is 1. The molecule has 0 spiro atoms. The Bertz CT molecular complexity index is 510. The molecule has 4 heteroatoms. The number of fused-ring (bicyclic) bond motifs is 1. The minimum Gasteiger partial charge on any atom is -0.494 e. The molecule has 0 radical (unpaired) electrons. The maximum atomic E-state index is 5.52. The normalized spacial score (nSPS) is 11.1. The lowest BCUT2D eigenvalue weighted by atomic mass is 10.2. The van der Waals surface area contributed by atoms with Gasteiger partial charge in [-0.3, -0.25) is 0 Å². The molecule has 0 bridgehead atoms. The van der Waals surface area contributed by atoms with Crippen molar-refractivity contribution in [3.63, 3.8) is 0 Å². The van der Waals surface area contributed by atoms with E-state index in [9.17, 15) is 0 Å². The summed E-state index contributed by atoms with van der Waals surface area (Å²) in [4.78, 5) is 4.66. The number of ether oxygens (including phenoxy) is 1. The number of thiazole rings is 1. The fourth-order valence-corrected chi connectivity index (χ4v) is 4.06. The van der Waals surface area contributed by atoms with Gasteiger partial charge in [0.05, 0.1) is 16.8 Å². The molecule has 19 heavy (non-hydrogen) atoms. The molecule has 0 fully saturated rings. The Kier molecular flexibility index (Phi) is 5.98. The highest BCUT2D eigenvalue weighted by molar-refractivity contribution is 8.01. The lowest BCUT2D eigenvalue weighted by Crippen LogP contribution is -1.89. The van der Waals surface area contributed by atoms with E-state index in [-0.39, 0.29) is 0 Å². The Morgan fingerprint density at radius 1 is 1.21 bits per heavy atom. The van der Waals surface area contributed by atoms with Crippen LogP contribution in [0.25, 0.3) is 10.2 Å². The predicted octanol–water partition coefficient (Wildman–Crippen LogP) is 5.37. The van der Waals surface area contributed by atoms with Gasteiger partial charge in [-0.05, 0) is 31.5 Å². The predicted molar refractivity (Wildman–Crippen MR) is 85.7 cm³/mol. The molecule has 0 aliphatic rings. The van der Waals surface area contributed by atoms with Crippen molar-refractivity contribution in [3.8, 4) is 5.75 Å². The second-order valence-corrected chi connectivity index (χ2v) is 6.82. The van der Waals surface area contributed by atoms with E-state index < -0.39 is 0 Å². The number of thioether (sulfide) groups is 1. The van der Waals surface area contributed by atoms with Crippen LogP contribution in [-0.2, 0) is 0 Å². The summed E-state index contributed by atoms with van der Waals surface area (Å²) >= 11 is 3.66. The van der Waals surface area contributed by atoms with Crippen LogP contribution in [0.3, 0.4) is 0 Å². The molecule has 0 aliphatic carbocycles. The highest BCUT2D eigenvalue weighted by Crippen LogP contribution is 2.32. The van der Waals surface area contributed by atoms with Crippen LogP contribution in [0.4, 0.5) is 0 Å². The van der Waals surface area contributed by atoms with E-state index in [0.29, 0.717) is 6.61 Å². The Hall–Kier alpha value is -0.740. The molecule has 2 rings (SSSR count). The average Bonchev–Trinajstić information content (AvgIpc) is 2.81. The monoisotopic (exact) mass is 295 g/mol. The van der Waals surface area contributed by atoms with Crippen LogP contribution in [0.5, 0.6) is 5.75 Å². The molecule has 2 aromatic rings. The lowest BCUT2D eigenvalue weighted by Gasteiger charge is -2.00. The summed E-state index contributed by atoms with van der Waals surface area (Å²) in [5.74, 6) is 2.12. The van der Waals surface area contributed by atoms with Gasteiger partial charge in [0.1, 0.15) is 5.75 Å². The molecule has 0 N–H and O–H groups in total. The van der Waals surface area contributed by atoms with Gasteiger partial charge in [-0.15, -0.1) is 11.3 Å². The molecule has 0 amide bonds. The quantitative estimate of drug-likeness (QED) is 0.483. The summed E-state index contributed by atoms with van der Waals surface area (Å²) < 4.78 is 7.93. The van der Waals surface area contributed by atoms with Crippen molar-refractivity contribution in [2.24, 2.45) is 0 Å². The fourth-order valence-electron chi connectivity index (χ4n) is 1.89. The van der Waals surface area contributed by atoms with Gasteiger partial charge in [-0.1, -0.05) is 37.9 Å². The Morgan fingerprint density at radius 2 is 2.11 bits per heavy atom. The third kappa shape index (κ3) is 4.39. The standard InChI is InChI=1S/C15H21NOS2/c1-3-5-6-7-10-18-15-16-13-9-8-12(17-4-2)11-14(13)19-15/h8-9,11H,3-7,10H2,1-2H3. The molecular formula is C15H21NOS2. The fraction of sp³-hybridized carbons (Fsp3) is 0.533. The van der Waals surface area contributed by atoms with Crippen LogP contribution in [0, 0.1) is 0 Å². The number of hydrogen-bond acceptors (Lipinski definition) is 4. The van der Waals surface area contributed by atoms with Crippen LogP contribution in [0.1, 0.15) is 39.5 Å². The van der Waals surface area contributed by atoms with Crippen molar-refractivity contribution in [1.29, 1.82) is 0 Å². The van der Waals surface area contributed by atoms with E-state index in [0.717, 1.165) is 11.3 Å². The second-order valence-electron chi connectivity index (χ2n) is 4.45. The third-order valence-electron chi connectivity index (χ3n) is 2.87. The van der Waals surface area contributed by atoms with E-state index >= 15 is 0 Å². The average molecular weight is 295 g/mol. The largest absolute Gasteiger partial charge is 0.494 e. The highest BCUT2D eigenvalue weighted by atomic mass is 32.2. The molecule has 1 aromatic heterocycles. The molecule has 0 unspecified atom stereocenters. The Labute approximate surface area is 123 Å². The van der Waals surface area contributed by atoms with Crippen molar-refractivity contribution in [3.05, 3.63) is 18.2 Å². The van der Waals surface area contributed by atoms with Crippen LogP contribution >= 0.6 is 23.1 Å². The number of unbranched alkanes of at least 4 members (excludes halogenated alkanes) is 3. The van der Waals surface area contributed by atoms with Crippen LogP contribution in [0.2, 0.25) is 0 Å². The second kappa shape index (κ2) is 7.75. The van der Waals surface area contributed by atoms with Gasteiger partial charge in [0.25, 0.3) is 0 Å². The smallest absolute Gasteiger partial charge is 0.151 e. The van der Waals surface area contributed by atoms with Crippen LogP contribution in [-0.4, -0.2) is 17.3 Å². The number of benzene rings is 1. The van der Waals surface area contributed by atoms with Crippen LogP contribution in [0.15, 0.2) is 22.5 Å². The maximum absolute atomic E-state index is 5.52. The lowest BCUT2D eigenvalue weighted by molar-refractivity contribution is 0.341. The first-order valence-corrected chi connectivity index (χ1v) is 8.80. The molecule has 0 atom stereocenters. The van der Waals surface area contributed by atoms with Gasteiger partial charge in [0, 0.05) is 5.75 Å². The molecular weight excluding hydrogens is 274 g/mol. The third-order valence-corrected chi connectivity index (χ3v) is 5.12. The van der Waals surface area contributed by atoms with E-state index in [1.807, 2.05) is 24.8 Å². The number of rotatable bonds is 8. The number of hydrogen-bond donors (Lipinski definition) is 0. The summed E-state index contributed by atoms with van der Waals surface area (Å²) in [6.45, 7) is 4.97. The van der Waals surface area contributed by atoms with E-state index in [1.165, 1.54) is 40.5 Å². The topological polar surface area (TPSA) is 22.1 Å². The molecule has 104 valence electrons. The van der Waals surface area contributed by atoms with Gasteiger partial charge >= 0.3 is 0 Å². The van der Waals surface area contributed by atoms with Crippen molar-refractivity contribution >= 4 is 33.3 Å². The number of aromatic nitrogens is 1. The summed E-state index contributed by atoms with van der Waals surface area (Å²) in [5, 5.41) is 0. The Morgan fingerprint density at radius 3 is 2.89 bits per heavy atom. The van der Waals surface area contributed by atoms with E-state index in [1.54, 1.807) is 11.3 Å². The first kappa shape index (κ1) is 14.7. The zero-order valence-electron chi connectivity index (χ0n) is 11.6. The summed E-state index contributed by atoms with van der Waals surface area (Å²) in [5.41, 5.74) is 1.09. The maximum Gasteiger partial charge on any atom is 0.151 e. The van der Waals surface area contributed by atoms with Crippen molar-refractivity contribution in [2.75, 3.05) is 12.4 Å². The van der Waals surface area contributed by atoms with Gasteiger partial charge < -0.3 is 4.74 Å². The molecule has 1 heterocycles. The molecule has 1 aromatic carbocycles. The molecule has 0 aliphatic heterocycles. The summed E-state index contributed by atoms with van der Waals surface area (Å²) in [6, 6.07) is 6.15. The van der Waals surface area contributed by atoms with Gasteiger partial charge in [0.2, 0.25) is 0 Å². The summed E-state index contributed by atoms with van der Waals surface area (Å²) in [6.07, 6.45) is 5.27. The molecule has 2 nitrogen and oxygen atoms in total. The SMILES string of the molecule is CCCCCCSc1nc2ccc(OCC)cc2s1.